The average molecular weight is 468 g/mol. The molecular weight excluding hydrogens is 460 g/mol. The lowest BCUT2D eigenvalue weighted by atomic mass is 10.1. The third kappa shape index (κ3) is 4.06. The Kier molecular flexibility index (Phi) is 5.08. The maximum atomic E-state index is 13.5. The van der Waals surface area contributed by atoms with Crippen molar-refractivity contribution in [1.29, 1.82) is 0 Å². The normalized spacial score (nSPS) is 12.3. The summed E-state index contributed by atoms with van der Waals surface area (Å²) >= 11 is 5.62. The number of hydrogen-bond acceptors (Lipinski definition) is 8. The molecule has 0 unspecified atom stereocenters. The van der Waals surface area contributed by atoms with E-state index in [2.05, 4.69) is 15.3 Å². The maximum Gasteiger partial charge on any atom is 0.313 e. The number of phenolic OH excluding ortho intramolecular Hbond substituents is 1. The summed E-state index contributed by atoms with van der Waals surface area (Å²) < 4.78 is 92.4. The van der Waals surface area contributed by atoms with Crippen LogP contribution >= 0.6 is 11.6 Å². The third-order valence-electron chi connectivity index (χ3n) is 3.62. The summed E-state index contributed by atoms with van der Waals surface area (Å²) in [6.45, 7) is 0. The molecule has 4 N–H and O–H groups in total. The van der Waals surface area contributed by atoms with Gasteiger partial charge in [0.2, 0.25) is 5.95 Å². The standard InChI is InChI=1S/C14H8ClF2N3O7S2/c15-11-12(16)19-14(17)20-13(11)18-5-3-6-8(28(22,23)24)2-1-7(21)10(6)9(4-5)29(25,26)27/h1-4,21H,(H,18,19,20)(H,22,23,24)(H,25,26,27). The van der Waals surface area contributed by atoms with Crippen LogP contribution in [0.5, 0.6) is 5.75 Å². The molecule has 29 heavy (non-hydrogen) atoms. The van der Waals surface area contributed by atoms with Crippen molar-refractivity contribution in [3.63, 3.8) is 0 Å². The second-order valence-electron chi connectivity index (χ2n) is 5.50. The summed E-state index contributed by atoms with van der Waals surface area (Å²) in [5.74, 6) is -2.82. The predicted molar refractivity (Wildman–Crippen MR) is 95.5 cm³/mol. The van der Waals surface area contributed by atoms with Gasteiger partial charge in [0.05, 0.1) is 0 Å². The molecule has 1 heterocycles. The van der Waals surface area contributed by atoms with Gasteiger partial charge in [-0.05, 0) is 24.3 Å². The summed E-state index contributed by atoms with van der Waals surface area (Å²) in [5.41, 5.74) is -0.361. The van der Waals surface area contributed by atoms with Crippen LogP contribution in [0.15, 0.2) is 34.1 Å². The highest BCUT2D eigenvalue weighted by Gasteiger charge is 2.24. The minimum Gasteiger partial charge on any atom is -0.507 e. The number of hydrogen-bond donors (Lipinski definition) is 4. The van der Waals surface area contributed by atoms with E-state index in [9.17, 15) is 39.8 Å². The van der Waals surface area contributed by atoms with E-state index in [1.807, 2.05) is 0 Å². The van der Waals surface area contributed by atoms with Crippen molar-refractivity contribution in [2.24, 2.45) is 0 Å². The number of nitrogens with one attached hydrogen (secondary N) is 1. The van der Waals surface area contributed by atoms with Crippen molar-refractivity contribution in [3.05, 3.63) is 41.3 Å². The van der Waals surface area contributed by atoms with Crippen molar-refractivity contribution in [1.82, 2.24) is 9.97 Å². The van der Waals surface area contributed by atoms with E-state index in [0.29, 0.717) is 0 Å². The van der Waals surface area contributed by atoms with Gasteiger partial charge in [-0.2, -0.15) is 35.6 Å². The molecule has 0 saturated heterocycles. The first-order valence-corrected chi connectivity index (χ1v) is 10.4. The van der Waals surface area contributed by atoms with E-state index in [1.165, 1.54) is 0 Å². The second-order valence-corrected chi connectivity index (χ2v) is 8.66. The molecule has 10 nitrogen and oxygen atoms in total. The zero-order chi connectivity index (χ0) is 21.7. The van der Waals surface area contributed by atoms with Gasteiger partial charge in [-0.25, -0.2) is 0 Å². The summed E-state index contributed by atoms with van der Waals surface area (Å²) in [4.78, 5) is 4.16. The first kappa shape index (κ1) is 21.1. The zero-order valence-corrected chi connectivity index (χ0v) is 16.0. The number of halogens is 3. The van der Waals surface area contributed by atoms with Crippen LogP contribution < -0.4 is 5.32 Å². The van der Waals surface area contributed by atoms with Crippen LogP contribution in [0.2, 0.25) is 5.02 Å². The van der Waals surface area contributed by atoms with Gasteiger partial charge in [0.15, 0.2) is 5.82 Å². The third-order valence-corrected chi connectivity index (χ3v) is 5.74. The molecule has 0 aliphatic rings. The number of fused-ring (bicyclic) bond motifs is 1. The Morgan fingerprint density at radius 3 is 2.17 bits per heavy atom. The highest BCUT2D eigenvalue weighted by Crippen LogP contribution is 2.38. The summed E-state index contributed by atoms with van der Waals surface area (Å²) in [6.07, 6.45) is -1.51. The highest BCUT2D eigenvalue weighted by molar-refractivity contribution is 7.86. The van der Waals surface area contributed by atoms with E-state index < -0.39 is 69.4 Å². The van der Waals surface area contributed by atoms with Gasteiger partial charge in [-0.1, -0.05) is 11.6 Å². The summed E-state index contributed by atoms with van der Waals surface area (Å²) in [7, 11) is -9.95. The molecule has 3 rings (SSSR count). The molecule has 2 aromatic carbocycles. The number of phenols is 1. The van der Waals surface area contributed by atoms with Crippen LogP contribution in [0, 0.1) is 12.0 Å². The lowest BCUT2D eigenvalue weighted by Crippen LogP contribution is -2.06. The Labute approximate surface area is 166 Å². The molecule has 0 aliphatic heterocycles. The molecule has 0 amide bonds. The van der Waals surface area contributed by atoms with Crippen molar-refractivity contribution in [2.45, 2.75) is 9.79 Å². The van der Waals surface area contributed by atoms with Gasteiger partial charge >= 0.3 is 6.08 Å². The number of anilines is 2. The van der Waals surface area contributed by atoms with Crippen molar-refractivity contribution in [3.8, 4) is 5.75 Å². The highest BCUT2D eigenvalue weighted by atomic mass is 35.5. The van der Waals surface area contributed by atoms with E-state index in [4.69, 9.17) is 11.6 Å². The molecule has 154 valence electrons. The largest absolute Gasteiger partial charge is 0.507 e. The molecule has 0 atom stereocenters. The Bertz CT molecular complexity index is 1380. The first-order valence-electron chi connectivity index (χ1n) is 7.19. The Hall–Kier alpha value is -2.65. The van der Waals surface area contributed by atoms with Crippen molar-refractivity contribution >= 4 is 54.1 Å². The van der Waals surface area contributed by atoms with Gasteiger partial charge in [0, 0.05) is 16.5 Å². The van der Waals surface area contributed by atoms with E-state index >= 15 is 0 Å². The SMILES string of the molecule is O=S(=O)(O)c1ccc(O)c2c(S(=O)(=O)O)cc(Nc3nc(F)nc(F)c3Cl)cc12. The minimum absolute atomic E-state index is 0.361. The fourth-order valence-corrected chi connectivity index (χ4v) is 4.07. The number of aromatic hydroxyl groups is 1. The van der Waals surface area contributed by atoms with Gasteiger partial charge in [0.25, 0.3) is 20.2 Å². The second kappa shape index (κ2) is 7.00. The number of benzene rings is 2. The Morgan fingerprint density at radius 2 is 1.59 bits per heavy atom. The van der Waals surface area contributed by atoms with Gasteiger partial charge in [0.1, 0.15) is 20.6 Å². The first-order chi connectivity index (χ1) is 13.3. The van der Waals surface area contributed by atoms with Gasteiger partial charge in [-0.15, -0.1) is 0 Å². The zero-order valence-electron chi connectivity index (χ0n) is 13.6. The average Bonchev–Trinajstić information content (AvgIpc) is 2.57. The molecule has 0 spiro atoms. The Morgan fingerprint density at radius 1 is 0.966 bits per heavy atom. The molecule has 0 aliphatic carbocycles. The van der Waals surface area contributed by atoms with E-state index in [1.54, 1.807) is 0 Å². The monoisotopic (exact) mass is 467 g/mol. The smallest absolute Gasteiger partial charge is 0.313 e. The molecule has 0 bridgehead atoms. The minimum atomic E-state index is -5.05. The predicted octanol–water partition coefficient (Wildman–Crippen LogP) is 2.50. The van der Waals surface area contributed by atoms with Gasteiger partial charge in [-0.3, -0.25) is 9.11 Å². The molecule has 15 heteroatoms. The number of nitrogens with zero attached hydrogens (tertiary/aromatic N) is 2. The lowest BCUT2D eigenvalue weighted by molar-refractivity contribution is 0.472. The van der Waals surface area contributed by atoms with Crippen molar-refractivity contribution < 1.29 is 39.8 Å². The van der Waals surface area contributed by atoms with Crippen LogP contribution in [0.4, 0.5) is 20.3 Å². The molecule has 3 aromatic rings. The maximum absolute atomic E-state index is 13.5. The lowest BCUT2D eigenvalue weighted by Gasteiger charge is -2.14. The summed E-state index contributed by atoms with van der Waals surface area (Å²) in [6, 6.07) is 3.21. The van der Waals surface area contributed by atoms with Crippen LogP contribution in [0.25, 0.3) is 10.8 Å². The molecule has 0 radical (unpaired) electrons. The summed E-state index contributed by atoms with van der Waals surface area (Å²) in [5, 5.41) is 10.3. The van der Waals surface area contributed by atoms with E-state index in [0.717, 1.165) is 24.3 Å². The molecular formula is C14H8ClF2N3O7S2. The number of aromatic nitrogens is 2. The molecule has 0 saturated carbocycles. The van der Waals surface area contributed by atoms with Crippen LogP contribution in [0.1, 0.15) is 0 Å². The van der Waals surface area contributed by atoms with Crippen LogP contribution in [0.3, 0.4) is 0 Å². The molecule has 1 aromatic heterocycles. The van der Waals surface area contributed by atoms with Crippen LogP contribution in [-0.2, 0) is 20.2 Å². The van der Waals surface area contributed by atoms with Crippen LogP contribution in [-0.4, -0.2) is 41.0 Å². The fraction of sp³-hybridized carbons (Fsp3) is 0. The Balaban J connectivity index is 2.39. The van der Waals surface area contributed by atoms with Gasteiger partial charge < -0.3 is 10.4 Å². The van der Waals surface area contributed by atoms with E-state index in [-0.39, 0.29) is 5.69 Å². The quantitative estimate of drug-likeness (QED) is 0.254. The fourth-order valence-electron chi connectivity index (χ4n) is 2.52. The topological polar surface area (TPSA) is 167 Å². The van der Waals surface area contributed by atoms with Crippen molar-refractivity contribution in [2.75, 3.05) is 5.32 Å². The molecule has 0 fully saturated rings. The number of rotatable bonds is 4.